The van der Waals surface area contributed by atoms with Gasteiger partial charge in [-0.3, -0.25) is 4.79 Å². The van der Waals surface area contributed by atoms with Crippen LogP contribution in [0.2, 0.25) is 5.02 Å². The molecule has 202 valence electrons. The van der Waals surface area contributed by atoms with Gasteiger partial charge in [0.1, 0.15) is 11.3 Å². The third kappa shape index (κ3) is 5.34. The van der Waals surface area contributed by atoms with Crippen LogP contribution in [0, 0.1) is 5.92 Å². The smallest absolute Gasteiger partial charge is 0.336 e. The molecule has 38 heavy (non-hydrogen) atoms. The number of fused-ring (bicyclic) bond motifs is 2. The van der Waals surface area contributed by atoms with Crippen molar-refractivity contribution in [3.63, 3.8) is 0 Å². The van der Waals surface area contributed by atoms with Gasteiger partial charge in [-0.15, -0.1) is 0 Å². The van der Waals surface area contributed by atoms with E-state index in [2.05, 4.69) is 6.92 Å². The quantitative estimate of drug-likeness (QED) is 0.350. The maximum atomic E-state index is 13.8. The Bertz CT molecular complexity index is 1350. The van der Waals surface area contributed by atoms with Crippen LogP contribution in [0.25, 0.3) is 11.0 Å². The fourth-order valence-corrected chi connectivity index (χ4v) is 6.47. The molecule has 5 rings (SSSR count). The van der Waals surface area contributed by atoms with Crippen LogP contribution < -0.4 is 10.4 Å². The van der Waals surface area contributed by atoms with Crippen LogP contribution in [0.15, 0.2) is 57.7 Å². The van der Waals surface area contributed by atoms with Gasteiger partial charge in [-0.05, 0) is 74.4 Å². The second-order valence-electron chi connectivity index (χ2n) is 10.8. The highest BCUT2D eigenvalue weighted by molar-refractivity contribution is 6.30. The first kappa shape index (κ1) is 26.8. The Morgan fingerprint density at radius 1 is 1.18 bits per heavy atom. The Labute approximate surface area is 228 Å². The van der Waals surface area contributed by atoms with Crippen LogP contribution in [0.5, 0.6) is 5.75 Å². The van der Waals surface area contributed by atoms with Gasteiger partial charge in [-0.1, -0.05) is 49.9 Å². The summed E-state index contributed by atoms with van der Waals surface area (Å²) in [6.07, 6.45) is 6.30. The fourth-order valence-electron chi connectivity index (χ4n) is 6.35. The second-order valence-corrected chi connectivity index (χ2v) is 11.3. The lowest BCUT2D eigenvalue weighted by atomic mass is 9.66. The van der Waals surface area contributed by atoms with Crippen LogP contribution in [-0.2, 0) is 11.2 Å². The molecule has 2 heterocycles. The van der Waals surface area contributed by atoms with Gasteiger partial charge < -0.3 is 19.2 Å². The molecule has 2 aliphatic rings. The summed E-state index contributed by atoms with van der Waals surface area (Å²) in [6.45, 7) is 4.33. The number of likely N-dealkylation sites (tertiary alicyclic amines) is 1. The van der Waals surface area contributed by atoms with E-state index >= 15 is 0 Å². The monoisotopic (exact) mass is 537 g/mol. The number of aryl methyl sites for hydroxylation is 1. The van der Waals surface area contributed by atoms with Crippen molar-refractivity contribution in [3.05, 3.63) is 75.1 Å². The molecule has 6 nitrogen and oxygen atoms in total. The summed E-state index contributed by atoms with van der Waals surface area (Å²) in [5, 5.41) is 13.0. The van der Waals surface area contributed by atoms with Crippen molar-refractivity contribution in [2.24, 2.45) is 5.92 Å². The summed E-state index contributed by atoms with van der Waals surface area (Å²) in [5.41, 5.74) is 1.25. The number of carbonyl (C=O) groups excluding carboxylic acids is 1. The van der Waals surface area contributed by atoms with E-state index in [1.165, 1.54) is 0 Å². The number of unbranched alkanes of at least 4 members (excludes halogenated alkanes) is 1. The first-order valence-electron chi connectivity index (χ1n) is 13.8. The van der Waals surface area contributed by atoms with Gasteiger partial charge in [-0.25, -0.2) is 4.79 Å². The van der Waals surface area contributed by atoms with Crippen molar-refractivity contribution in [3.8, 4) is 5.75 Å². The van der Waals surface area contributed by atoms with Gasteiger partial charge >= 0.3 is 5.63 Å². The second kappa shape index (κ2) is 11.1. The van der Waals surface area contributed by atoms with Crippen LogP contribution >= 0.6 is 11.6 Å². The number of rotatable bonds is 7. The Kier molecular flexibility index (Phi) is 7.83. The molecule has 1 saturated carbocycles. The zero-order valence-corrected chi connectivity index (χ0v) is 22.9. The number of hydrogen-bond donors (Lipinski definition) is 1. The Morgan fingerprint density at radius 2 is 1.97 bits per heavy atom. The number of hydrogen-bond acceptors (Lipinski definition) is 5. The first-order chi connectivity index (χ1) is 18.3. The lowest BCUT2D eigenvalue weighted by molar-refractivity contribution is -0.161. The number of nitrogens with zero attached hydrogens (tertiary/aromatic N) is 1. The van der Waals surface area contributed by atoms with Crippen molar-refractivity contribution >= 4 is 28.5 Å². The molecular weight excluding hydrogens is 502 g/mol. The molecule has 1 saturated heterocycles. The molecule has 1 aliphatic carbocycles. The molecule has 0 bridgehead atoms. The Hall–Kier alpha value is -2.83. The van der Waals surface area contributed by atoms with Crippen molar-refractivity contribution in [1.29, 1.82) is 0 Å². The van der Waals surface area contributed by atoms with Crippen molar-refractivity contribution in [2.75, 3.05) is 6.54 Å². The molecule has 4 atom stereocenters. The van der Waals surface area contributed by atoms with Gasteiger partial charge in [0.15, 0.2) is 6.10 Å². The predicted octanol–water partition coefficient (Wildman–Crippen LogP) is 6.45. The molecule has 2 aromatic carbocycles. The molecule has 0 unspecified atom stereocenters. The number of benzene rings is 2. The van der Waals surface area contributed by atoms with E-state index in [1.54, 1.807) is 19.1 Å². The molecule has 0 spiro atoms. The largest absolute Gasteiger partial charge is 0.481 e. The van der Waals surface area contributed by atoms with Crippen molar-refractivity contribution in [1.82, 2.24) is 4.90 Å². The van der Waals surface area contributed by atoms with E-state index in [0.717, 1.165) is 61.5 Å². The number of ether oxygens (including phenoxy) is 1. The number of piperidine rings is 1. The Morgan fingerprint density at radius 3 is 2.74 bits per heavy atom. The van der Waals surface area contributed by atoms with Gasteiger partial charge in [0, 0.05) is 35.0 Å². The van der Waals surface area contributed by atoms with Crippen molar-refractivity contribution in [2.45, 2.75) is 83.0 Å². The van der Waals surface area contributed by atoms with E-state index in [4.69, 9.17) is 20.8 Å². The highest BCUT2D eigenvalue weighted by Gasteiger charge is 2.50. The molecule has 3 aromatic rings. The van der Waals surface area contributed by atoms with Gasteiger partial charge in [0.25, 0.3) is 5.91 Å². The van der Waals surface area contributed by atoms with Gasteiger partial charge in [0.2, 0.25) is 0 Å². The van der Waals surface area contributed by atoms with Gasteiger partial charge in [0.05, 0.1) is 11.6 Å². The summed E-state index contributed by atoms with van der Waals surface area (Å²) >= 11 is 6.16. The summed E-state index contributed by atoms with van der Waals surface area (Å²) in [6, 6.07) is 14.3. The summed E-state index contributed by atoms with van der Waals surface area (Å²) < 4.78 is 11.6. The third-order valence-corrected chi connectivity index (χ3v) is 8.58. The highest BCUT2D eigenvalue weighted by Crippen LogP contribution is 2.49. The standard InChI is InChI=1S/C31H36ClNO5/c1-3-4-7-22-18-28(34)38-27-19-24(13-14-25(22)27)37-20(2)30(35)33-17-16-31(36)15-6-5-8-26(31)29(33)21-9-11-23(32)12-10-21/h9-14,18-20,26,29,36H,3-8,15-17H2,1-2H3/t20-,26-,29+,31-/m1/s1. The zero-order chi connectivity index (χ0) is 26.9. The molecule has 0 radical (unpaired) electrons. The predicted molar refractivity (Wildman–Crippen MR) is 149 cm³/mol. The number of amides is 1. The third-order valence-electron chi connectivity index (χ3n) is 8.32. The van der Waals surface area contributed by atoms with Gasteiger partial charge in [-0.2, -0.15) is 0 Å². The normalized spacial score (nSPS) is 24.2. The molecule has 2 fully saturated rings. The summed E-state index contributed by atoms with van der Waals surface area (Å²) in [7, 11) is 0. The lowest BCUT2D eigenvalue weighted by Gasteiger charge is -2.53. The SMILES string of the molecule is CCCCc1cc(=O)oc2cc(O[C@H](C)C(=O)N3CC[C@]4(O)CCCC[C@@H]4[C@@H]3c3ccc(Cl)cc3)ccc12. The van der Waals surface area contributed by atoms with Crippen LogP contribution in [0.3, 0.4) is 0 Å². The lowest BCUT2D eigenvalue weighted by Crippen LogP contribution is -2.58. The van der Waals surface area contributed by atoms with E-state index < -0.39 is 11.7 Å². The molecule has 1 aromatic heterocycles. The molecule has 1 aliphatic heterocycles. The molecular formula is C31H36ClNO5. The average molecular weight is 538 g/mol. The minimum atomic E-state index is -0.769. The van der Waals surface area contributed by atoms with Crippen LogP contribution in [0.1, 0.15) is 76.0 Å². The van der Waals surface area contributed by atoms with Crippen molar-refractivity contribution < 1.29 is 19.1 Å². The Balaban J connectivity index is 1.40. The number of aliphatic hydroxyl groups is 1. The fraction of sp³-hybridized carbons (Fsp3) is 0.484. The van der Waals surface area contributed by atoms with Crippen LogP contribution in [-0.4, -0.2) is 34.2 Å². The minimum absolute atomic E-state index is 0.0428. The topological polar surface area (TPSA) is 80.0 Å². The van der Waals surface area contributed by atoms with Crippen LogP contribution in [0.4, 0.5) is 0 Å². The molecule has 1 N–H and O–H groups in total. The highest BCUT2D eigenvalue weighted by atomic mass is 35.5. The summed E-state index contributed by atoms with van der Waals surface area (Å²) in [5.74, 6) is 0.304. The van der Waals surface area contributed by atoms with E-state index in [9.17, 15) is 14.7 Å². The summed E-state index contributed by atoms with van der Waals surface area (Å²) in [4.78, 5) is 27.9. The number of halogens is 1. The minimum Gasteiger partial charge on any atom is -0.481 e. The number of carbonyl (C=O) groups is 1. The van der Waals surface area contributed by atoms with E-state index in [1.807, 2.05) is 41.3 Å². The maximum absolute atomic E-state index is 13.8. The average Bonchev–Trinajstić information content (AvgIpc) is 2.90. The van der Waals surface area contributed by atoms with E-state index in [0.29, 0.717) is 29.3 Å². The first-order valence-corrected chi connectivity index (χ1v) is 14.2. The zero-order valence-electron chi connectivity index (χ0n) is 22.1. The maximum Gasteiger partial charge on any atom is 0.336 e. The molecule has 1 amide bonds. The van der Waals surface area contributed by atoms with E-state index in [-0.39, 0.29) is 23.5 Å². The molecule has 7 heteroatoms.